The van der Waals surface area contributed by atoms with Gasteiger partial charge in [-0.15, -0.1) is 0 Å². The van der Waals surface area contributed by atoms with Crippen LogP contribution in [0.4, 0.5) is 0 Å². The first-order valence-corrected chi connectivity index (χ1v) is 7.81. The molecule has 0 amide bonds. The highest BCUT2D eigenvalue weighted by Crippen LogP contribution is 2.65. The Labute approximate surface area is 120 Å². The molecule has 2 aliphatic carbocycles. The smallest absolute Gasteiger partial charge is 0.302 e. The van der Waals surface area contributed by atoms with E-state index in [-0.39, 0.29) is 29.0 Å². The van der Waals surface area contributed by atoms with Gasteiger partial charge in [-0.1, -0.05) is 13.8 Å². The van der Waals surface area contributed by atoms with Gasteiger partial charge in [-0.3, -0.25) is 4.79 Å². The number of aliphatic hydroxyl groups is 1. The predicted molar refractivity (Wildman–Crippen MR) is 73.8 cm³/mol. The van der Waals surface area contributed by atoms with Gasteiger partial charge in [-0.25, -0.2) is 0 Å². The molecule has 2 bridgehead atoms. The Bertz CT molecular complexity index is 432. The molecule has 3 fully saturated rings. The number of carbonyl (C=O) groups excluding carboxylic acids is 1. The Morgan fingerprint density at radius 1 is 1.30 bits per heavy atom. The minimum Gasteiger partial charge on any atom is -0.462 e. The molecule has 1 spiro atoms. The summed E-state index contributed by atoms with van der Waals surface area (Å²) in [6, 6.07) is 0. The lowest BCUT2D eigenvalue weighted by molar-refractivity contribution is -0.281. The molecule has 0 aromatic rings. The fraction of sp³-hybridized carbons (Fsp3) is 0.938. The van der Waals surface area contributed by atoms with E-state index in [0.29, 0.717) is 5.92 Å². The molecule has 1 aliphatic heterocycles. The topological polar surface area (TPSA) is 55.8 Å². The van der Waals surface area contributed by atoms with Crippen LogP contribution < -0.4 is 0 Å². The number of hydrogen-bond donors (Lipinski definition) is 1. The Morgan fingerprint density at radius 3 is 2.65 bits per heavy atom. The van der Waals surface area contributed by atoms with Crippen molar-refractivity contribution in [2.75, 3.05) is 0 Å². The molecule has 20 heavy (non-hydrogen) atoms. The van der Waals surface area contributed by atoms with Crippen LogP contribution >= 0.6 is 0 Å². The lowest BCUT2D eigenvalue weighted by Crippen LogP contribution is -2.62. The van der Waals surface area contributed by atoms with Crippen molar-refractivity contribution < 1.29 is 19.4 Å². The van der Waals surface area contributed by atoms with Gasteiger partial charge in [0.15, 0.2) is 5.79 Å². The van der Waals surface area contributed by atoms with Crippen molar-refractivity contribution in [2.24, 2.45) is 17.3 Å². The average Bonchev–Trinajstić information content (AvgIpc) is 2.57. The van der Waals surface area contributed by atoms with Crippen molar-refractivity contribution in [1.82, 2.24) is 0 Å². The summed E-state index contributed by atoms with van der Waals surface area (Å²) in [5.41, 5.74) is -0.537. The van der Waals surface area contributed by atoms with Gasteiger partial charge in [0.25, 0.3) is 0 Å². The number of carbonyl (C=O) groups is 1. The summed E-state index contributed by atoms with van der Waals surface area (Å²) in [6.07, 6.45) is 4.57. The number of rotatable bonds is 1. The van der Waals surface area contributed by atoms with Gasteiger partial charge in [-0.2, -0.15) is 0 Å². The SMILES string of the molecule is CC(=O)O[C@@H]1CC[C@H](C)[C@]23C[C@H](CC[C@@]12C)[C@](C)(O)O3. The van der Waals surface area contributed by atoms with Crippen molar-refractivity contribution in [3.05, 3.63) is 0 Å². The normalized spacial score (nSPS) is 54.4. The van der Waals surface area contributed by atoms with Crippen molar-refractivity contribution in [3.63, 3.8) is 0 Å². The van der Waals surface area contributed by atoms with E-state index in [1.807, 2.05) is 0 Å². The summed E-state index contributed by atoms with van der Waals surface area (Å²) in [5.74, 6) is -0.664. The quantitative estimate of drug-likeness (QED) is 0.751. The highest BCUT2D eigenvalue weighted by atomic mass is 16.6. The Morgan fingerprint density at radius 2 is 2.00 bits per heavy atom. The predicted octanol–water partition coefficient (Wildman–Crippen LogP) is 2.63. The Hall–Kier alpha value is -0.610. The molecule has 114 valence electrons. The summed E-state index contributed by atoms with van der Waals surface area (Å²) < 4.78 is 11.9. The summed E-state index contributed by atoms with van der Waals surface area (Å²) in [7, 11) is 0. The van der Waals surface area contributed by atoms with E-state index in [1.165, 1.54) is 6.92 Å². The molecular weight excluding hydrogens is 256 g/mol. The van der Waals surface area contributed by atoms with Crippen molar-refractivity contribution in [3.8, 4) is 0 Å². The molecule has 6 atom stereocenters. The van der Waals surface area contributed by atoms with Crippen LogP contribution in [-0.4, -0.2) is 28.6 Å². The van der Waals surface area contributed by atoms with Crippen molar-refractivity contribution >= 4 is 5.97 Å². The third-order valence-electron chi connectivity index (χ3n) is 6.35. The first kappa shape index (κ1) is 14.3. The standard InChI is InChI=1S/C16H26O4/c1-10-5-6-13(19-11(2)17)14(3)8-7-12-9-16(10,14)20-15(12,4)18/h10,12-13,18H,5-9H2,1-4H3/t10-,12-,13+,14-,15+,16+/m0/s1. The molecule has 2 saturated carbocycles. The van der Waals surface area contributed by atoms with E-state index in [9.17, 15) is 9.90 Å². The Kier molecular flexibility index (Phi) is 3.01. The first-order chi connectivity index (χ1) is 9.21. The molecule has 4 heteroatoms. The summed E-state index contributed by atoms with van der Waals surface area (Å²) in [4.78, 5) is 11.4. The van der Waals surface area contributed by atoms with E-state index in [1.54, 1.807) is 6.92 Å². The second-order valence-electron chi connectivity index (χ2n) is 7.48. The number of ether oxygens (including phenoxy) is 2. The van der Waals surface area contributed by atoms with Crippen LogP contribution in [0.2, 0.25) is 0 Å². The van der Waals surface area contributed by atoms with E-state index >= 15 is 0 Å². The van der Waals surface area contributed by atoms with Gasteiger partial charge < -0.3 is 14.6 Å². The molecule has 0 unspecified atom stereocenters. The minimum absolute atomic E-state index is 0.0916. The van der Waals surface area contributed by atoms with Crippen molar-refractivity contribution in [1.29, 1.82) is 0 Å². The number of esters is 1. The van der Waals surface area contributed by atoms with Crippen LogP contribution in [0.3, 0.4) is 0 Å². The lowest BCUT2D eigenvalue weighted by atomic mass is 9.52. The van der Waals surface area contributed by atoms with Gasteiger partial charge in [0.1, 0.15) is 6.10 Å². The van der Waals surface area contributed by atoms with Gasteiger partial charge in [0, 0.05) is 18.3 Å². The van der Waals surface area contributed by atoms with Crippen LogP contribution in [0.5, 0.6) is 0 Å². The molecule has 1 saturated heterocycles. The highest BCUT2D eigenvalue weighted by Gasteiger charge is 2.69. The first-order valence-electron chi connectivity index (χ1n) is 7.81. The third-order valence-corrected chi connectivity index (χ3v) is 6.35. The van der Waals surface area contributed by atoms with Crippen LogP contribution in [-0.2, 0) is 14.3 Å². The largest absolute Gasteiger partial charge is 0.462 e. The van der Waals surface area contributed by atoms with Crippen LogP contribution in [0.1, 0.15) is 59.8 Å². The second kappa shape index (κ2) is 4.20. The molecule has 3 rings (SSSR count). The zero-order chi connectivity index (χ0) is 14.8. The van der Waals surface area contributed by atoms with Gasteiger partial charge in [0.2, 0.25) is 0 Å². The molecule has 1 N–H and O–H groups in total. The molecule has 1 heterocycles. The van der Waals surface area contributed by atoms with Gasteiger partial charge in [0.05, 0.1) is 5.60 Å². The average molecular weight is 282 g/mol. The van der Waals surface area contributed by atoms with E-state index < -0.39 is 5.79 Å². The summed E-state index contributed by atoms with van der Waals surface area (Å²) in [6.45, 7) is 7.67. The maximum Gasteiger partial charge on any atom is 0.302 e. The minimum atomic E-state index is -1.04. The lowest BCUT2D eigenvalue weighted by Gasteiger charge is -2.57. The summed E-state index contributed by atoms with van der Waals surface area (Å²) >= 11 is 0. The molecule has 0 radical (unpaired) electrons. The third kappa shape index (κ3) is 1.70. The Balaban J connectivity index is 2.00. The van der Waals surface area contributed by atoms with E-state index in [2.05, 4.69) is 13.8 Å². The summed E-state index contributed by atoms with van der Waals surface area (Å²) in [5, 5.41) is 10.6. The number of hydrogen-bond acceptors (Lipinski definition) is 4. The monoisotopic (exact) mass is 282 g/mol. The molecular formula is C16H26O4. The van der Waals surface area contributed by atoms with Crippen LogP contribution in [0.15, 0.2) is 0 Å². The fourth-order valence-electron chi connectivity index (χ4n) is 5.09. The molecule has 0 aromatic heterocycles. The van der Waals surface area contributed by atoms with E-state index in [0.717, 1.165) is 32.1 Å². The molecule has 0 aromatic carbocycles. The second-order valence-corrected chi connectivity index (χ2v) is 7.48. The molecule has 4 nitrogen and oxygen atoms in total. The fourth-order valence-corrected chi connectivity index (χ4v) is 5.09. The zero-order valence-corrected chi connectivity index (χ0v) is 12.9. The van der Waals surface area contributed by atoms with Crippen molar-refractivity contribution in [2.45, 2.75) is 77.3 Å². The maximum atomic E-state index is 11.4. The van der Waals surface area contributed by atoms with Crippen LogP contribution in [0.25, 0.3) is 0 Å². The van der Waals surface area contributed by atoms with Gasteiger partial charge in [-0.05, 0) is 44.9 Å². The number of fused-ring (bicyclic) bond motifs is 1. The van der Waals surface area contributed by atoms with E-state index in [4.69, 9.17) is 9.47 Å². The zero-order valence-electron chi connectivity index (χ0n) is 12.9. The molecule has 3 aliphatic rings. The van der Waals surface area contributed by atoms with Crippen LogP contribution in [0, 0.1) is 17.3 Å². The highest BCUT2D eigenvalue weighted by molar-refractivity contribution is 5.66. The van der Waals surface area contributed by atoms with Gasteiger partial charge >= 0.3 is 5.97 Å². The maximum absolute atomic E-state index is 11.4.